The van der Waals surface area contributed by atoms with Crippen molar-refractivity contribution in [2.24, 2.45) is 7.05 Å². The molecule has 3 aromatic heterocycles. The summed E-state index contributed by atoms with van der Waals surface area (Å²) in [5.41, 5.74) is 1.44. The van der Waals surface area contributed by atoms with Crippen molar-refractivity contribution in [1.82, 2.24) is 24.8 Å². The molecule has 0 radical (unpaired) electrons. The van der Waals surface area contributed by atoms with E-state index in [2.05, 4.69) is 15.2 Å². The van der Waals surface area contributed by atoms with E-state index in [4.69, 9.17) is 4.52 Å². The molecule has 0 unspecified atom stereocenters. The van der Waals surface area contributed by atoms with Gasteiger partial charge in [-0.05, 0) is 31.9 Å². The number of fused-ring (bicyclic) bond motifs is 1. The van der Waals surface area contributed by atoms with E-state index in [1.165, 1.54) is 6.07 Å². The molecule has 0 saturated carbocycles. The summed E-state index contributed by atoms with van der Waals surface area (Å²) in [7, 11) is 1.76. The van der Waals surface area contributed by atoms with E-state index in [-0.39, 0.29) is 28.5 Å². The molecule has 3 aromatic rings. The molecule has 0 aliphatic carbocycles. The van der Waals surface area contributed by atoms with E-state index >= 15 is 0 Å². The van der Waals surface area contributed by atoms with Gasteiger partial charge in [0.15, 0.2) is 0 Å². The molecule has 4 heterocycles. The third-order valence-corrected chi connectivity index (χ3v) is 5.04. The second-order valence-corrected chi connectivity index (χ2v) is 6.83. The van der Waals surface area contributed by atoms with Crippen molar-refractivity contribution < 1.29 is 18.1 Å². The SMILES string of the molecule is Cc1noc2nc(C3CCN(C(=O)c4ccn(C)n4)CC3)cc(C(F)F)c12. The summed E-state index contributed by atoms with van der Waals surface area (Å²) in [6.45, 7) is 2.68. The van der Waals surface area contributed by atoms with Gasteiger partial charge in [-0.1, -0.05) is 5.16 Å². The fraction of sp³-hybridized carbons (Fsp3) is 0.444. The topological polar surface area (TPSA) is 77.0 Å². The van der Waals surface area contributed by atoms with Crippen molar-refractivity contribution in [2.75, 3.05) is 13.1 Å². The Morgan fingerprint density at radius 1 is 1.33 bits per heavy atom. The van der Waals surface area contributed by atoms with Gasteiger partial charge >= 0.3 is 0 Å². The van der Waals surface area contributed by atoms with Gasteiger partial charge in [0, 0.05) is 43.5 Å². The van der Waals surface area contributed by atoms with Gasteiger partial charge in [0.25, 0.3) is 18.0 Å². The molecule has 1 fully saturated rings. The number of aromatic nitrogens is 4. The fourth-order valence-electron chi connectivity index (χ4n) is 3.60. The maximum absolute atomic E-state index is 13.5. The predicted molar refractivity (Wildman–Crippen MR) is 92.6 cm³/mol. The number of hydrogen-bond donors (Lipinski definition) is 0. The standard InChI is InChI=1S/C18H19F2N5O2/c1-10-15-12(16(19)20)9-14(21-17(15)27-23-10)11-3-7-25(8-4-11)18(26)13-5-6-24(2)22-13/h5-6,9,11,16H,3-4,7-8H2,1-2H3. The number of carbonyl (C=O) groups is 1. The van der Waals surface area contributed by atoms with Gasteiger partial charge < -0.3 is 9.42 Å². The predicted octanol–water partition coefficient (Wildman–Crippen LogP) is 3.22. The van der Waals surface area contributed by atoms with E-state index < -0.39 is 6.43 Å². The van der Waals surface area contributed by atoms with Crippen LogP contribution in [0.3, 0.4) is 0 Å². The summed E-state index contributed by atoms with van der Waals surface area (Å²) in [5.74, 6) is -0.123. The molecule has 0 atom stereocenters. The minimum absolute atomic E-state index is 0.00918. The van der Waals surface area contributed by atoms with Gasteiger partial charge in [-0.15, -0.1) is 0 Å². The van der Waals surface area contributed by atoms with Crippen molar-refractivity contribution >= 4 is 17.0 Å². The Kier molecular flexibility index (Phi) is 4.37. The minimum Gasteiger partial charge on any atom is -0.337 e. The van der Waals surface area contributed by atoms with Crippen molar-refractivity contribution in [3.05, 3.63) is 41.0 Å². The number of halogens is 2. The van der Waals surface area contributed by atoms with Crippen molar-refractivity contribution in [2.45, 2.75) is 32.1 Å². The van der Waals surface area contributed by atoms with Crippen LogP contribution in [0.4, 0.5) is 8.78 Å². The molecule has 27 heavy (non-hydrogen) atoms. The Hall–Kier alpha value is -2.84. The largest absolute Gasteiger partial charge is 0.337 e. The number of likely N-dealkylation sites (tertiary alicyclic amines) is 1. The average Bonchev–Trinajstić information content (AvgIpc) is 3.26. The van der Waals surface area contributed by atoms with Crippen LogP contribution in [0.5, 0.6) is 0 Å². The van der Waals surface area contributed by atoms with E-state index in [0.29, 0.717) is 43.0 Å². The lowest BCUT2D eigenvalue weighted by molar-refractivity contribution is 0.0705. The van der Waals surface area contributed by atoms with E-state index in [0.717, 1.165) is 0 Å². The van der Waals surface area contributed by atoms with Crippen molar-refractivity contribution in [1.29, 1.82) is 0 Å². The highest BCUT2D eigenvalue weighted by Gasteiger charge is 2.28. The number of piperidine rings is 1. The first-order chi connectivity index (χ1) is 12.9. The second kappa shape index (κ2) is 6.71. The first kappa shape index (κ1) is 17.6. The number of pyridine rings is 1. The average molecular weight is 375 g/mol. The van der Waals surface area contributed by atoms with Crippen molar-refractivity contribution in [3.8, 4) is 0 Å². The third kappa shape index (κ3) is 3.17. The van der Waals surface area contributed by atoms with Gasteiger partial charge in [-0.25, -0.2) is 13.8 Å². The molecule has 0 aromatic carbocycles. The van der Waals surface area contributed by atoms with Crippen LogP contribution < -0.4 is 0 Å². The molecule has 1 aliphatic heterocycles. The molecule has 0 N–H and O–H groups in total. The Morgan fingerprint density at radius 2 is 2.07 bits per heavy atom. The number of carbonyl (C=O) groups excluding carboxylic acids is 1. The number of nitrogens with zero attached hydrogens (tertiary/aromatic N) is 5. The van der Waals surface area contributed by atoms with Crippen LogP contribution in [-0.2, 0) is 7.05 Å². The molecule has 7 nitrogen and oxygen atoms in total. The highest BCUT2D eigenvalue weighted by atomic mass is 19.3. The summed E-state index contributed by atoms with van der Waals surface area (Å²) >= 11 is 0. The lowest BCUT2D eigenvalue weighted by Crippen LogP contribution is -2.38. The Balaban J connectivity index is 1.53. The van der Waals surface area contributed by atoms with Crippen molar-refractivity contribution in [3.63, 3.8) is 0 Å². The van der Waals surface area contributed by atoms with Gasteiger partial charge in [0.2, 0.25) is 0 Å². The van der Waals surface area contributed by atoms with E-state index in [1.54, 1.807) is 35.8 Å². The lowest BCUT2D eigenvalue weighted by atomic mass is 9.91. The van der Waals surface area contributed by atoms with E-state index in [1.807, 2.05) is 0 Å². The monoisotopic (exact) mass is 375 g/mol. The van der Waals surface area contributed by atoms with Crippen LogP contribution in [0.25, 0.3) is 11.1 Å². The zero-order valence-electron chi connectivity index (χ0n) is 15.0. The first-order valence-electron chi connectivity index (χ1n) is 8.78. The smallest absolute Gasteiger partial charge is 0.274 e. The van der Waals surface area contributed by atoms with Crippen LogP contribution >= 0.6 is 0 Å². The molecule has 1 amide bonds. The van der Waals surface area contributed by atoms with Gasteiger partial charge in [-0.2, -0.15) is 5.10 Å². The highest BCUT2D eigenvalue weighted by Crippen LogP contribution is 2.34. The zero-order valence-corrected chi connectivity index (χ0v) is 15.0. The first-order valence-corrected chi connectivity index (χ1v) is 8.78. The van der Waals surface area contributed by atoms with Gasteiger partial charge in [0.05, 0.1) is 11.1 Å². The van der Waals surface area contributed by atoms with Crippen LogP contribution in [0.1, 0.15) is 52.6 Å². The molecule has 0 bridgehead atoms. The molecule has 9 heteroatoms. The quantitative estimate of drug-likeness (QED) is 0.702. The lowest BCUT2D eigenvalue weighted by Gasteiger charge is -2.31. The third-order valence-electron chi connectivity index (χ3n) is 5.04. The molecule has 1 aliphatic rings. The van der Waals surface area contributed by atoms with Gasteiger partial charge in [0.1, 0.15) is 5.69 Å². The molecule has 142 valence electrons. The van der Waals surface area contributed by atoms with E-state index in [9.17, 15) is 13.6 Å². The Bertz CT molecular complexity index is 989. The molecule has 4 rings (SSSR count). The molecular weight excluding hydrogens is 356 g/mol. The maximum atomic E-state index is 13.5. The summed E-state index contributed by atoms with van der Waals surface area (Å²) in [4.78, 5) is 18.6. The summed E-state index contributed by atoms with van der Waals surface area (Å²) in [6, 6.07) is 3.14. The maximum Gasteiger partial charge on any atom is 0.274 e. The molecule has 0 spiro atoms. The molecular formula is C18H19F2N5O2. The Labute approximate surface area is 153 Å². The number of rotatable bonds is 3. The normalized spacial score (nSPS) is 15.8. The number of amides is 1. The highest BCUT2D eigenvalue weighted by molar-refractivity contribution is 5.92. The Morgan fingerprint density at radius 3 is 2.70 bits per heavy atom. The number of aryl methyl sites for hydroxylation is 2. The van der Waals surface area contributed by atoms with Crippen LogP contribution in [0, 0.1) is 6.92 Å². The van der Waals surface area contributed by atoms with Gasteiger partial charge in [-0.3, -0.25) is 9.48 Å². The zero-order chi connectivity index (χ0) is 19.1. The second-order valence-electron chi connectivity index (χ2n) is 6.83. The van der Waals surface area contributed by atoms with Crippen LogP contribution in [0.15, 0.2) is 22.9 Å². The molecule has 1 saturated heterocycles. The summed E-state index contributed by atoms with van der Waals surface area (Å²) in [6.07, 6.45) is 0.391. The van der Waals surface area contributed by atoms with Crippen LogP contribution in [0.2, 0.25) is 0 Å². The number of alkyl halides is 2. The summed E-state index contributed by atoms with van der Waals surface area (Å²) < 4.78 is 33.7. The minimum atomic E-state index is -2.63. The summed E-state index contributed by atoms with van der Waals surface area (Å²) in [5, 5.41) is 8.19. The van der Waals surface area contributed by atoms with Crippen LogP contribution in [-0.4, -0.2) is 43.8 Å². The number of hydrogen-bond acceptors (Lipinski definition) is 5. The fourth-order valence-corrected chi connectivity index (χ4v) is 3.60.